The summed E-state index contributed by atoms with van der Waals surface area (Å²) in [5, 5.41) is 0.796. The molecule has 1 aromatic rings. The Bertz CT molecular complexity index is 690. The summed E-state index contributed by atoms with van der Waals surface area (Å²) in [5.41, 5.74) is 2.22. The molecule has 6 nitrogen and oxygen atoms in total. The maximum absolute atomic E-state index is 12.2. The molecule has 0 spiro atoms. The largest absolute Gasteiger partial charge is 0.378 e. The number of amidine groups is 1. The van der Waals surface area contributed by atoms with Crippen molar-refractivity contribution >= 4 is 34.6 Å². The molecule has 25 heavy (non-hydrogen) atoms. The van der Waals surface area contributed by atoms with Gasteiger partial charge in [-0.25, -0.2) is 0 Å². The van der Waals surface area contributed by atoms with E-state index in [2.05, 4.69) is 39.1 Å². The van der Waals surface area contributed by atoms with Crippen molar-refractivity contribution in [3.05, 3.63) is 34.7 Å². The number of nitrogens with zero attached hydrogens (tertiary/aromatic N) is 3. The Hall–Kier alpha value is -1.83. The maximum Gasteiger partial charge on any atom is 0.286 e. The molecule has 0 bridgehead atoms. The first-order valence-electron chi connectivity index (χ1n) is 8.58. The maximum atomic E-state index is 12.2. The van der Waals surface area contributed by atoms with Crippen molar-refractivity contribution in [1.82, 2.24) is 4.90 Å². The van der Waals surface area contributed by atoms with Crippen LogP contribution in [0.15, 0.2) is 34.2 Å². The number of hydrogen-bond acceptors (Lipinski definition) is 6. The van der Waals surface area contributed by atoms with E-state index in [9.17, 15) is 4.79 Å². The smallest absolute Gasteiger partial charge is 0.286 e. The van der Waals surface area contributed by atoms with Gasteiger partial charge in [-0.1, -0.05) is 12.1 Å². The molecule has 0 radical (unpaired) electrons. The minimum absolute atomic E-state index is 0.149. The summed E-state index contributed by atoms with van der Waals surface area (Å²) >= 11 is 1.46. The zero-order chi connectivity index (χ0) is 17.1. The Morgan fingerprint density at radius 1 is 0.920 bits per heavy atom. The fraction of sp³-hybridized carbons (Fsp3) is 0.444. The van der Waals surface area contributed by atoms with Crippen LogP contribution in [-0.4, -0.2) is 68.6 Å². The topological polar surface area (TPSA) is 54.4 Å². The molecular weight excluding hydrogens is 338 g/mol. The number of carbonyl (C=O) groups excluding carboxylic acids is 1. The van der Waals surface area contributed by atoms with E-state index >= 15 is 0 Å². The second-order valence-corrected chi connectivity index (χ2v) is 7.11. The first kappa shape index (κ1) is 16.6. The van der Waals surface area contributed by atoms with Crippen LogP contribution in [0.25, 0.3) is 6.08 Å². The summed E-state index contributed by atoms with van der Waals surface area (Å²) in [6, 6.07) is 8.31. The van der Waals surface area contributed by atoms with Gasteiger partial charge in [-0.15, -0.1) is 0 Å². The number of hydrogen-bond donors (Lipinski definition) is 0. The van der Waals surface area contributed by atoms with Crippen molar-refractivity contribution in [1.29, 1.82) is 0 Å². The number of ether oxygens (including phenoxy) is 2. The fourth-order valence-electron chi connectivity index (χ4n) is 3.04. The third-order valence-electron chi connectivity index (χ3n) is 4.46. The van der Waals surface area contributed by atoms with Crippen molar-refractivity contribution in [2.75, 3.05) is 57.5 Å². The molecule has 7 heteroatoms. The second-order valence-electron chi connectivity index (χ2n) is 6.10. The van der Waals surface area contributed by atoms with Gasteiger partial charge in [0.1, 0.15) is 0 Å². The molecule has 2 saturated heterocycles. The second kappa shape index (κ2) is 7.59. The van der Waals surface area contributed by atoms with Gasteiger partial charge in [0.25, 0.3) is 5.91 Å². The summed E-state index contributed by atoms with van der Waals surface area (Å²) in [6.45, 7) is 6.36. The van der Waals surface area contributed by atoms with Crippen molar-refractivity contribution in [2.24, 2.45) is 4.99 Å². The SMILES string of the molecule is O=C1N=C(N2CCOCC2)S/C1=C\c1ccc(N2CCOCC2)cc1. The van der Waals surface area contributed by atoms with E-state index in [1.165, 1.54) is 17.4 Å². The zero-order valence-electron chi connectivity index (χ0n) is 14.0. The molecule has 3 aliphatic heterocycles. The lowest BCUT2D eigenvalue weighted by Crippen LogP contribution is -2.38. The molecule has 3 heterocycles. The van der Waals surface area contributed by atoms with E-state index in [0.29, 0.717) is 18.1 Å². The van der Waals surface area contributed by atoms with Crippen LogP contribution in [0.2, 0.25) is 0 Å². The predicted octanol–water partition coefficient (Wildman–Crippen LogP) is 1.83. The first-order valence-corrected chi connectivity index (χ1v) is 9.39. The molecule has 1 amide bonds. The van der Waals surface area contributed by atoms with Crippen molar-refractivity contribution < 1.29 is 14.3 Å². The first-order chi connectivity index (χ1) is 12.3. The number of carbonyl (C=O) groups is 1. The van der Waals surface area contributed by atoms with Crippen molar-refractivity contribution in [3.63, 3.8) is 0 Å². The molecule has 0 saturated carbocycles. The summed E-state index contributed by atoms with van der Waals surface area (Å²) in [4.78, 5) is 21.5. The molecule has 1 aromatic carbocycles. The van der Waals surface area contributed by atoms with Crippen molar-refractivity contribution in [2.45, 2.75) is 0 Å². The molecule has 0 aliphatic carbocycles. The fourth-order valence-corrected chi connectivity index (χ4v) is 4.01. The monoisotopic (exact) mass is 359 g/mol. The molecule has 4 rings (SSSR count). The Labute approximate surface area is 151 Å². The van der Waals surface area contributed by atoms with Crippen LogP contribution >= 0.6 is 11.8 Å². The third-order valence-corrected chi connectivity index (χ3v) is 5.50. The molecule has 0 N–H and O–H groups in total. The number of anilines is 1. The average molecular weight is 359 g/mol. The van der Waals surface area contributed by atoms with Crippen LogP contribution in [0.5, 0.6) is 0 Å². The van der Waals surface area contributed by atoms with Crippen LogP contribution in [0, 0.1) is 0 Å². The summed E-state index contributed by atoms with van der Waals surface area (Å²) < 4.78 is 10.7. The van der Waals surface area contributed by atoms with Gasteiger partial charge in [-0.2, -0.15) is 4.99 Å². The van der Waals surface area contributed by atoms with Crippen molar-refractivity contribution in [3.8, 4) is 0 Å². The van der Waals surface area contributed by atoms with Gasteiger partial charge in [0.05, 0.1) is 31.3 Å². The lowest BCUT2D eigenvalue weighted by Gasteiger charge is -2.28. The van der Waals surface area contributed by atoms with Crippen LogP contribution < -0.4 is 4.90 Å². The molecule has 132 valence electrons. The summed E-state index contributed by atoms with van der Waals surface area (Å²) in [6.07, 6.45) is 1.92. The van der Waals surface area contributed by atoms with E-state index in [0.717, 1.165) is 50.1 Å². The van der Waals surface area contributed by atoms with Crippen LogP contribution in [0.4, 0.5) is 5.69 Å². The van der Waals surface area contributed by atoms with E-state index < -0.39 is 0 Å². The van der Waals surface area contributed by atoms with Gasteiger partial charge < -0.3 is 19.3 Å². The molecule has 2 fully saturated rings. The molecular formula is C18H21N3O3S. The van der Waals surface area contributed by atoms with Gasteiger partial charge in [0.15, 0.2) is 5.17 Å². The van der Waals surface area contributed by atoms with Gasteiger partial charge in [-0.05, 0) is 35.5 Å². The summed E-state index contributed by atoms with van der Waals surface area (Å²) in [7, 11) is 0. The standard InChI is InChI=1S/C18H21N3O3S/c22-17-16(25-18(19-17)21-7-11-24-12-8-21)13-14-1-3-15(4-2-14)20-5-9-23-10-6-20/h1-4,13H,5-12H2/b16-13-. The number of morpholine rings is 2. The van der Waals surface area contributed by atoms with Crippen LogP contribution in [-0.2, 0) is 14.3 Å². The van der Waals surface area contributed by atoms with Crippen LogP contribution in [0.3, 0.4) is 0 Å². The lowest BCUT2D eigenvalue weighted by atomic mass is 10.1. The van der Waals surface area contributed by atoms with Gasteiger partial charge in [0, 0.05) is 31.9 Å². The van der Waals surface area contributed by atoms with E-state index in [4.69, 9.17) is 9.47 Å². The average Bonchev–Trinajstić information content (AvgIpc) is 3.04. The van der Waals surface area contributed by atoms with Crippen LogP contribution in [0.1, 0.15) is 5.56 Å². The highest BCUT2D eigenvalue weighted by Gasteiger charge is 2.27. The third kappa shape index (κ3) is 3.89. The Morgan fingerprint density at radius 2 is 1.52 bits per heavy atom. The molecule has 0 aromatic heterocycles. The highest BCUT2D eigenvalue weighted by atomic mass is 32.2. The number of thioether (sulfide) groups is 1. The highest BCUT2D eigenvalue weighted by Crippen LogP contribution is 2.31. The van der Waals surface area contributed by atoms with Gasteiger partial charge in [-0.3, -0.25) is 4.79 Å². The van der Waals surface area contributed by atoms with Gasteiger partial charge >= 0.3 is 0 Å². The Balaban J connectivity index is 1.43. The minimum Gasteiger partial charge on any atom is -0.378 e. The minimum atomic E-state index is -0.149. The quantitative estimate of drug-likeness (QED) is 0.751. The normalized spacial score (nSPS) is 23.3. The summed E-state index contributed by atoms with van der Waals surface area (Å²) in [5.74, 6) is -0.149. The Kier molecular flexibility index (Phi) is 5.05. The van der Waals surface area contributed by atoms with E-state index in [1.54, 1.807) is 0 Å². The predicted molar refractivity (Wildman–Crippen MR) is 99.9 cm³/mol. The highest BCUT2D eigenvalue weighted by molar-refractivity contribution is 8.18. The number of rotatable bonds is 2. The van der Waals surface area contributed by atoms with E-state index in [-0.39, 0.29) is 5.91 Å². The zero-order valence-corrected chi connectivity index (χ0v) is 14.8. The van der Waals surface area contributed by atoms with Gasteiger partial charge in [0.2, 0.25) is 0 Å². The molecule has 0 unspecified atom stereocenters. The Morgan fingerprint density at radius 3 is 2.16 bits per heavy atom. The molecule has 3 aliphatic rings. The number of benzene rings is 1. The number of amides is 1. The number of aliphatic imine (C=N–C) groups is 1. The van der Waals surface area contributed by atoms with E-state index in [1.807, 2.05) is 6.08 Å². The lowest BCUT2D eigenvalue weighted by molar-refractivity contribution is -0.113. The molecule has 0 atom stereocenters.